The Balaban J connectivity index is 1.42. The Bertz CT molecular complexity index is 860. The molecule has 0 bridgehead atoms. The van der Waals surface area contributed by atoms with E-state index in [2.05, 4.69) is 34.1 Å². The van der Waals surface area contributed by atoms with Crippen LogP contribution in [0.15, 0.2) is 48.5 Å². The van der Waals surface area contributed by atoms with Gasteiger partial charge >= 0.3 is 0 Å². The summed E-state index contributed by atoms with van der Waals surface area (Å²) in [6, 6.07) is 16.2. The summed E-state index contributed by atoms with van der Waals surface area (Å²) in [6.07, 6.45) is 2.23. The van der Waals surface area contributed by atoms with Crippen molar-refractivity contribution in [2.24, 2.45) is 0 Å². The van der Waals surface area contributed by atoms with Crippen LogP contribution in [0.2, 0.25) is 0 Å². The zero-order valence-electron chi connectivity index (χ0n) is 18.6. The highest BCUT2D eigenvalue weighted by atomic mass is 16.5. The van der Waals surface area contributed by atoms with E-state index in [-0.39, 0.29) is 11.9 Å². The zero-order valence-corrected chi connectivity index (χ0v) is 18.6. The van der Waals surface area contributed by atoms with Crippen LogP contribution in [0, 0.1) is 0 Å². The lowest BCUT2D eigenvalue weighted by atomic mass is 10.0. The molecule has 2 aliphatic heterocycles. The molecule has 2 aromatic rings. The molecule has 1 atom stereocenters. The minimum Gasteiger partial charge on any atom is -0.493 e. The molecular formula is C25H33N3O3. The van der Waals surface area contributed by atoms with Crippen molar-refractivity contribution in [2.75, 3.05) is 53.5 Å². The Morgan fingerprint density at radius 2 is 1.55 bits per heavy atom. The SMILES string of the molecule is COc1ccc(CN2CCN([C@H](C(=O)N3CCCC3)c3ccccc3)CC2)cc1OC. The summed E-state index contributed by atoms with van der Waals surface area (Å²) >= 11 is 0. The number of piperazine rings is 1. The fourth-order valence-electron chi connectivity index (χ4n) is 4.67. The van der Waals surface area contributed by atoms with Gasteiger partial charge in [0.2, 0.25) is 5.91 Å². The molecule has 0 radical (unpaired) electrons. The molecule has 166 valence electrons. The number of benzene rings is 2. The number of hydrogen-bond donors (Lipinski definition) is 0. The van der Waals surface area contributed by atoms with Gasteiger partial charge < -0.3 is 14.4 Å². The van der Waals surface area contributed by atoms with Crippen molar-refractivity contribution >= 4 is 5.91 Å². The Labute approximate surface area is 185 Å². The average Bonchev–Trinajstić information content (AvgIpc) is 3.36. The molecule has 2 fully saturated rings. The molecule has 6 nitrogen and oxygen atoms in total. The van der Waals surface area contributed by atoms with E-state index < -0.39 is 0 Å². The molecule has 0 aromatic heterocycles. The summed E-state index contributed by atoms with van der Waals surface area (Å²) in [4.78, 5) is 20.2. The monoisotopic (exact) mass is 423 g/mol. The van der Waals surface area contributed by atoms with Crippen LogP contribution < -0.4 is 9.47 Å². The van der Waals surface area contributed by atoms with Crippen molar-refractivity contribution in [2.45, 2.75) is 25.4 Å². The maximum absolute atomic E-state index is 13.4. The van der Waals surface area contributed by atoms with E-state index in [1.165, 1.54) is 5.56 Å². The van der Waals surface area contributed by atoms with E-state index in [0.717, 1.165) is 75.7 Å². The quantitative estimate of drug-likeness (QED) is 0.685. The molecule has 0 spiro atoms. The Morgan fingerprint density at radius 1 is 0.871 bits per heavy atom. The first kappa shape index (κ1) is 21.7. The third-order valence-corrected chi connectivity index (χ3v) is 6.39. The fourth-order valence-corrected chi connectivity index (χ4v) is 4.67. The fraction of sp³-hybridized carbons (Fsp3) is 0.480. The molecule has 1 amide bonds. The molecule has 0 saturated carbocycles. The molecule has 6 heteroatoms. The molecule has 4 rings (SSSR count). The second-order valence-corrected chi connectivity index (χ2v) is 8.35. The molecule has 0 unspecified atom stereocenters. The predicted octanol–water partition coefficient (Wildman–Crippen LogP) is 3.19. The second kappa shape index (κ2) is 10.2. The minimum atomic E-state index is -0.178. The number of carbonyl (C=O) groups excluding carboxylic acids is 1. The summed E-state index contributed by atoms with van der Waals surface area (Å²) in [6.45, 7) is 6.28. The molecule has 0 N–H and O–H groups in total. The third-order valence-electron chi connectivity index (χ3n) is 6.39. The van der Waals surface area contributed by atoms with Gasteiger partial charge in [0.25, 0.3) is 0 Å². The lowest BCUT2D eigenvalue weighted by Gasteiger charge is -2.40. The minimum absolute atomic E-state index is 0.178. The number of methoxy groups -OCH3 is 2. The molecule has 2 saturated heterocycles. The highest BCUT2D eigenvalue weighted by Gasteiger charge is 2.34. The normalized spacial score (nSPS) is 18.7. The lowest BCUT2D eigenvalue weighted by molar-refractivity contribution is -0.137. The summed E-state index contributed by atoms with van der Waals surface area (Å²) in [5.74, 6) is 1.78. The van der Waals surface area contributed by atoms with E-state index in [1.807, 2.05) is 29.2 Å². The van der Waals surface area contributed by atoms with Crippen molar-refractivity contribution in [3.05, 3.63) is 59.7 Å². The van der Waals surface area contributed by atoms with Gasteiger partial charge in [-0.15, -0.1) is 0 Å². The number of amides is 1. The van der Waals surface area contributed by atoms with Gasteiger partial charge in [-0.2, -0.15) is 0 Å². The lowest BCUT2D eigenvalue weighted by Crippen LogP contribution is -2.51. The van der Waals surface area contributed by atoms with Crippen LogP contribution >= 0.6 is 0 Å². The number of likely N-dealkylation sites (tertiary alicyclic amines) is 1. The van der Waals surface area contributed by atoms with Gasteiger partial charge in [-0.3, -0.25) is 14.6 Å². The number of hydrogen-bond acceptors (Lipinski definition) is 5. The van der Waals surface area contributed by atoms with Gasteiger partial charge in [-0.05, 0) is 36.1 Å². The standard InChI is InChI=1S/C25H33N3O3/c1-30-22-11-10-20(18-23(22)31-2)19-26-14-16-27(17-15-26)24(21-8-4-3-5-9-21)25(29)28-12-6-7-13-28/h3-5,8-11,18,24H,6-7,12-17,19H2,1-2H3/t24-/m0/s1. The van der Waals surface area contributed by atoms with Gasteiger partial charge in [0.1, 0.15) is 6.04 Å². The van der Waals surface area contributed by atoms with Gasteiger partial charge in [-0.25, -0.2) is 0 Å². The summed E-state index contributed by atoms with van der Waals surface area (Å²) in [5.41, 5.74) is 2.31. The van der Waals surface area contributed by atoms with Crippen molar-refractivity contribution in [3.8, 4) is 11.5 Å². The molecule has 2 heterocycles. The largest absolute Gasteiger partial charge is 0.493 e. The first-order valence-electron chi connectivity index (χ1n) is 11.2. The van der Waals surface area contributed by atoms with Crippen LogP contribution in [0.3, 0.4) is 0 Å². The second-order valence-electron chi connectivity index (χ2n) is 8.35. The third kappa shape index (κ3) is 5.02. The van der Waals surface area contributed by atoms with E-state index in [9.17, 15) is 4.79 Å². The summed E-state index contributed by atoms with van der Waals surface area (Å²) < 4.78 is 10.8. The number of ether oxygens (including phenoxy) is 2. The Kier molecular flexibility index (Phi) is 7.10. The van der Waals surface area contributed by atoms with Crippen LogP contribution in [0.5, 0.6) is 11.5 Å². The predicted molar refractivity (Wildman–Crippen MR) is 121 cm³/mol. The first-order chi connectivity index (χ1) is 15.2. The zero-order chi connectivity index (χ0) is 21.6. The van der Waals surface area contributed by atoms with Crippen molar-refractivity contribution in [1.29, 1.82) is 0 Å². The van der Waals surface area contributed by atoms with E-state index in [1.54, 1.807) is 14.2 Å². The topological polar surface area (TPSA) is 45.2 Å². The molecular weight excluding hydrogens is 390 g/mol. The molecule has 0 aliphatic carbocycles. The number of carbonyl (C=O) groups is 1. The van der Waals surface area contributed by atoms with Crippen LogP contribution in [-0.2, 0) is 11.3 Å². The van der Waals surface area contributed by atoms with Crippen molar-refractivity contribution in [3.63, 3.8) is 0 Å². The van der Waals surface area contributed by atoms with Crippen molar-refractivity contribution in [1.82, 2.24) is 14.7 Å². The van der Waals surface area contributed by atoms with Crippen LogP contribution in [0.4, 0.5) is 0 Å². The summed E-state index contributed by atoms with van der Waals surface area (Å²) in [5, 5.41) is 0. The van der Waals surface area contributed by atoms with Gasteiger partial charge in [-0.1, -0.05) is 36.4 Å². The van der Waals surface area contributed by atoms with E-state index in [4.69, 9.17) is 9.47 Å². The van der Waals surface area contributed by atoms with Crippen LogP contribution in [0.1, 0.15) is 30.0 Å². The average molecular weight is 424 g/mol. The summed E-state index contributed by atoms with van der Waals surface area (Å²) in [7, 11) is 3.32. The Hall–Kier alpha value is -2.57. The number of rotatable bonds is 7. The molecule has 2 aromatic carbocycles. The highest BCUT2D eigenvalue weighted by molar-refractivity contribution is 5.83. The number of nitrogens with zero attached hydrogens (tertiary/aromatic N) is 3. The smallest absolute Gasteiger partial charge is 0.244 e. The Morgan fingerprint density at radius 3 is 2.19 bits per heavy atom. The van der Waals surface area contributed by atoms with Crippen molar-refractivity contribution < 1.29 is 14.3 Å². The first-order valence-corrected chi connectivity index (χ1v) is 11.2. The van der Waals surface area contributed by atoms with Crippen LogP contribution in [-0.4, -0.2) is 74.1 Å². The van der Waals surface area contributed by atoms with Crippen LogP contribution in [0.25, 0.3) is 0 Å². The van der Waals surface area contributed by atoms with Gasteiger partial charge in [0, 0.05) is 45.8 Å². The maximum Gasteiger partial charge on any atom is 0.244 e. The van der Waals surface area contributed by atoms with E-state index >= 15 is 0 Å². The molecule has 31 heavy (non-hydrogen) atoms. The highest BCUT2D eigenvalue weighted by Crippen LogP contribution is 2.29. The van der Waals surface area contributed by atoms with Gasteiger partial charge in [0.05, 0.1) is 14.2 Å². The van der Waals surface area contributed by atoms with E-state index in [0.29, 0.717) is 0 Å². The van der Waals surface area contributed by atoms with Gasteiger partial charge in [0.15, 0.2) is 11.5 Å². The maximum atomic E-state index is 13.4. The molecule has 2 aliphatic rings.